The lowest BCUT2D eigenvalue weighted by Gasteiger charge is -2.29. The summed E-state index contributed by atoms with van der Waals surface area (Å²) in [7, 11) is 0. The van der Waals surface area contributed by atoms with Crippen LogP contribution in [0.2, 0.25) is 5.02 Å². The van der Waals surface area contributed by atoms with E-state index in [1.54, 1.807) is 0 Å². The van der Waals surface area contributed by atoms with Crippen molar-refractivity contribution in [2.24, 2.45) is 5.73 Å². The quantitative estimate of drug-likeness (QED) is 0.850. The lowest BCUT2D eigenvalue weighted by molar-refractivity contribution is 0.326. The second-order valence-corrected chi connectivity index (χ2v) is 5.00. The third-order valence-electron chi connectivity index (χ3n) is 3.28. The second-order valence-electron chi connectivity index (χ2n) is 4.57. The fourth-order valence-corrected chi connectivity index (χ4v) is 2.52. The highest BCUT2D eigenvalue weighted by Crippen LogP contribution is 2.17. The van der Waals surface area contributed by atoms with Crippen molar-refractivity contribution in [3.05, 3.63) is 34.9 Å². The molecule has 0 radical (unpaired) electrons. The van der Waals surface area contributed by atoms with Crippen LogP contribution in [-0.2, 0) is 6.54 Å². The highest BCUT2D eigenvalue weighted by atomic mass is 35.5. The van der Waals surface area contributed by atoms with Crippen LogP contribution in [0, 0.1) is 0 Å². The van der Waals surface area contributed by atoms with E-state index in [-0.39, 0.29) is 0 Å². The van der Waals surface area contributed by atoms with E-state index in [1.165, 1.54) is 24.8 Å². The van der Waals surface area contributed by atoms with Crippen LogP contribution in [0.15, 0.2) is 24.3 Å². The van der Waals surface area contributed by atoms with Gasteiger partial charge >= 0.3 is 0 Å². The Morgan fingerprint density at radius 2 is 2.12 bits per heavy atom. The lowest BCUT2D eigenvalue weighted by atomic mass is 9.91. The molecule has 2 atom stereocenters. The van der Waals surface area contributed by atoms with E-state index < -0.39 is 0 Å². The molecule has 2 rings (SSSR count). The maximum Gasteiger partial charge on any atom is 0.0409 e. The molecular formula is C13H19ClN2. The highest BCUT2D eigenvalue weighted by Gasteiger charge is 2.20. The van der Waals surface area contributed by atoms with E-state index in [0.717, 1.165) is 18.0 Å². The summed E-state index contributed by atoms with van der Waals surface area (Å²) in [6, 6.07) is 8.76. The van der Waals surface area contributed by atoms with Gasteiger partial charge in [0.05, 0.1) is 0 Å². The zero-order valence-corrected chi connectivity index (χ0v) is 10.2. The van der Waals surface area contributed by atoms with Crippen LogP contribution in [-0.4, -0.2) is 12.1 Å². The maximum atomic E-state index is 6.08. The van der Waals surface area contributed by atoms with Gasteiger partial charge in [-0.05, 0) is 30.5 Å². The molecule has 1 fully saturated rings. The van der Waals surface area contributed by atoms with Crippen molar-refractivity contribution in [3.63, 3.8) is 0 Å². The van der Waals surface area contributed by atoms with Crippen LogP contribution in [0.25, 0.3) is 0 Å². The predicted octanol–water partition coefficient (Wildman–Crippen LogP) is 2.70. The Kier molecular flexibility index (Phi) is 4.22. The summed E-state index contributed by atoms with van der Waals surface area (Å²) < 4.78 is 0. The first kappa shape index (κ1) is 11.9. The van der Waals surface area contributed by atoms with Crippen LogP contribution in [0.4, 0.5) is 0 Å². The average Bonchev–Trinajstić information content (AvgIpc) is 2.28. The summed E-state index contributed by atoms with van der Waals surface area (Å²) in [4.78, 5) is 0. The number of hydrogen-bond acceptors (Lipinski definition) is 2. The fourth-order valence-electron chi connectivity index (χ4n) is 2.31. The summed E-state index contributed by atoms with van der Waals surface area (Å²) in [5, 5.41) is 4.33. The third kappa shape index (κ3) is 3.21. The molecule has 0 heterocycles. The Balaban J connectivity index is 1.86. The first-order chi connectivity index (χ1) is 7.75. The average molecular weight is 239 g/mol. The molecule has 0 aromatic heterocycles. The molecule has 3 heteroatoms. The molecule has 0 amide bonds. The van der Waals surface area contributed by atoms with Crippen LogP contribution in [0.3, 0.4) is 0 Å². The molecule has 0 bridgehead atoms. The molecule has 1 aliphatic rings. The summed E-state index contributed by atoms with van der Waals surface area (Å²) in [5.41, 5.74) is 7.31. The summed E-state index contributed by atoms with van der Waals surface area (Å²) >= 11 is 5.94. The molecule has 0 unspecified atom stereocenters. The van der Waals surface area contributed by atoms with E-state index >= 15 is 0 Å². The minimum atomic E-state index is 0.313. The Morgan fingerprint density at radius 1 is 1.31 bits per heavy atom. The third-order valence-corrected chi connectivity index (χ3v) is 3.51. The van der Waals surface area contributed by atoms with Gasteiger partial charge < -0.3 is 11.1 Å². The predicted molar refractivity (Wildman–Crippen MR) is 68.5 cm³/mol. The van der Waals surface area contributed by atoms with Gasteiger partial charge in [0.2, 0.25) is 0 Å². The zero-order valence-electron chi connectivity index (χ0n) is 9.45. The summed E-state index contributed by atoms with van der Waals surface area (Å²) in [5.74, 6) is 0. The molecule has 0 aliphatic heterocycles. The highest BCUT2D eigenvalue weighted by molar-refractivity contribution is 6.30. The molecule has 1 aromatic rings. The van der Waals surface area contributed by atoms with Crippen LogP contribution in [0.1, 0.15) is 31.2 Å². The Bertz CT molecular complexity index is 340. The molecule has 0 spiro atoms. The maximum absolute atomic E-state index is 6.08. The number of nitrogens with two attached hydrogens (primary N) is 1. The SMILES string of the molecule is N[C@H]1CCCC[C@@H]1NCc1cccc(Cl)c1. The van der Waals surface area contributed by atoms with E-state index in [0.29, 0.717) is 12.1 Å². The molecule has 88 valence electrons. The van der Waals surface area contributed by atoms with Gasteiger partial charge in [-0.25, -0.2) is 0 Å². The first-order valence-corrected chi connectivity index (χ1v) is 6.37. The molecular weight excluding hydrogens is 220 g/mol. The topological polar surface area (TPSA) is 38.0 Å². The number of hydrogen-bond donors (Lipinski definition) is 2. The van der Waals surface area contributed by atoms with Gasteiger partial charge in [-0.3, -0.25) is 0 Å². The summed E-state index contributed by atoms with van der Waals surface area (Å²) in [6.07, 6.45) is 4.91. The Morgan fingerprint density at radius 3 is 2.88 bits per heavy atom. The molecule has 1 saturated carbocycles. The smallest absolute Gasteiger partial charge is 0.0409 e. The Labute approximate surface area is 102 Å². The van der Waals surface area contributed by atoms with E-state index in [4.69, 9.17) is 17.3 Å². The minimum absolute atomic E-state index is 0.313. The zero-order chi connectivity index (χ0) is 11.4. The van der Waals surface area contributed by atoms with Gasteiger partial charge in [0, 0.05) is 23.7 Å². The van der Waals surface area contributed by atoms with Gasteiger partial charge in [-0.2, -0.15) is 0 Å². The van der Waals surface area contributed by atoms with Crippen LogP contribution >= 0.6 is 11.6 Å². The van der Waals surface area contributed by atoms with Crippen molar-refractivity contribution in [2.75, 3.05) is 0 Å². The Hall–Kier alpha value is -0.570. The molecule has 1 aliphatic carbocycles. The lowest BCUT2D eigenvalue weighted by Crippen LogP contribution is -2.46. The van der Waals surface area contributed by atoms with Gasteiger partial charge in [0.25, 0.3) is 0 Å². The molecule has 0 saturated heterocycles. The van der Waals surface area contributed by atoms with Crippen molar-refractivity contribution >= 4 is 11.6 Å². The van der Waals surface area contributed by atoms with Crippen molar-refractivity contribution < 1.29 is 0 Å². The fraction of sp³-hybridized carbons (Fsp3) is 0.538. The van der Waals surface area contributed by atoms with E-state index in [9.17, 15) is 0 Å². The normalized spacial score (nSPS) is 25.6. The standard InChI is InChI=1S/C13H19ClN2/c14-11-5-3-4-10(8-11)9-16-13-7-2-1-6-12(13)15/h3-5,8,12-13,16H,1-2,6-7,9,15H2/t12-,13-/m0/s1. The first-order valence-electron chi connectivity index (χ1n) is 5.99. The summed E-state index contributed by atoms with van der Waals surface area (Å²) in [6.45, 7) is 0.860. The monoisotopic (exact) mass is 238 g/mol. The van der Waals surface area contributed by atoms with E-state index in [2.05, 4.69) is 11.4 Å². The van der Waals surface area contributed by atoms with Gasteiger partial charge in [0.15, 0.2) is 0 Å². The largest absolute Gasteiger partial charge is 0.326 e. The van der Waals surface area contributed by atoms with Crippen molar-refractivity contribution in [1.82, 2.24) is 5.32 Å². The van der Waals surface area contributed by atoms with Crippen molar-refractivity contribution in [2.45, 2.75) is 44.3 Å². The van der Waals surface area contributed by atoms with Gasteiger partial charge in [-0.1, -0.05) is 36.6 Å². The van der Waals surface area contributed by atoms with Crippen molar-refractivity contribution in [3.8, 4) is 0 Å². The van der Waals surface area contributed by atoms with E-state index in [1.807, 2.05) is 18.2 Å². The van der Waals surface area contributed by atoms with Crippen LogP contribution in [0.5, 0.6) is 0 Å². The molecule has 1 aromatic carbocycles. The number of benzene rings is 1. The second kappa shape index (κ2) is 5.67. The minimum Gasteiger partial charge on any atom is -0.326 e. The number of nitrogens with one attached hydrogen (secondary N) is 1. The molecule has 2 nitrogen and oxygen atoms in total. The number of rotatable bonds is 3. The van der Waals surface area contributed by atoms with Crippen molar-refractivity contribution in [1.29, 1.82) is 0 Å². The van der Waals surface area contributed by atoms with Gasteiger partial charge in [0.1, 0.15) is 0 Å². The number of halogens is 1. The van der Waals surface area contributed by atoms with Gasteiger partial charge in [-0.15, -0.1) is 0 Å². The molecule has 3 N–H and O–H groups in total. The molecule has 16 heavy (non-hydrogen) atoms. The van der Waals surface area contributed by atoms with Crippen LogP contribution < -0.4 is 11.1 Å².